The Morgan fingerprint density at radius 1 is 1.36 bits per heavy atom. The Hall–Kier alpha value is -1.66. The second kappa shape index (κ2) is 4.93. The maximum Gasteiger partial charge on any atom is 0.254 e. The SMILES string of the molecule is Cn1cccc(CN2CC[C@@]34OCCCN3C(=O)C[C@@H]24)c1=O. The lowest BCUT2D eigenvalue weighted by atomic mass is 10.0. The monoisotopic (exact) mass is 303 g/mol. The van der Waals surface area contributed by atoms with Gasteiger partial charge in [0, 0.05) is 51.3 Å². The van der Waals surface area contributed by atoms with Gasteiger partial charge in [0.05, 0.1) is 12.6 Å². The molecule has 3 aliphatic rings. The largest absolute Gasteiger partial charge is 0.354 e. The number of aromatic nitrogens is 1. The molecule has 0 N–H and O–H groups in total. The molecule has 0 aromatic carbocycles. The summed E-state index contributed by atoms with van der Waals surface area (Å²) < 4.78 is 7.69. The average Bonchev–Trinajstić information content (AvgIpc) is 2.98. The predicted molar refractivity (Wildman–Crippen MR) is 80.1 cm³/mol. The van der Waals surface area contributed by atoms with Gasteiger partial charge < -0.3 is 14.2 Å². The van der Waals surface area contributed by atoms with E-state index in [1.165, 1.54) is 0 Å². The lowest BCUT2D eigenvalue weighted by molar-refractivity contribution is -0.180. The van der Waals surface area contributed by atoms with Crippen LogP contribution in [0.2, 0.25) is 0 Å². The van der Waals surface area contributed by atoms with E-state index in [4.69, 9.17) is 4.74 Å². The van der Waals surface area contributed by atoms with Gasteiger partial charge in [-0.2, -0.15) is 0 Å². The van der Waals surface area contributed by atoms with Crippen molar-refractivity contribution < 1.29 is 9.53 Å². The fourth-order valence-corrected chi connectivity index (χ4v) is 4.22. The standard InChI is InChI=1S/C16H21N3O3/c1-17-6-2-4-12(15(17)21)11-18-8-5-16-13(18)10-14(20)19(16)7-3-9-22-16/h2,4,6,13H,3,5,7-11H2,1H3/t13-,16+/m1/s1. The van der Waals surface area contributed by atoms with Crippen molar-refractivity contribution in [3.05, 3.63) is 34.2 Å². The lowest BCUT2D eigenvalue weighted by Gasteiger charge is -2.42. The van der Waals surface area contributed by atoms with Crippen LogP contribution in [0.15, 0.2) is 23.1 Å². The van der Waals surface area contributed by atoms with Gasteiger partial charge in [-0.1, -0.05) is 6.07 Å². The van der Waals surface area contributed by atoms with E-state index < -0.39 is 5.72 Å². The summed E-state index contributed by atoms with van der Waals surface area (Å²) in [5.41, 5.74) is 0.382. The number of ether oxygens (including phenoxy) is 1. The Labute approximate surface area is 129 Å². The zero-order valence-electron chi connectivity index (χ0n) is 12.8. The molecular weight excluding hydrogens is 282 g/mol. The highest BCUT2D eigenvalue weighted by Gasteiger charge is 2.60. The Balaban J connectivity index is 1.62. The van der Waals surface area contributed by atoms with E-state index >= 15 is 0 Å². The van der Waals surface area contributed by atoms with Crippen LogP contribution in [0.5, 0.6) is 0 Å². The molecule has 1 aromatic rings. The fraction of sp³-hybridized carbons (Fsp3) is 0.625. The number of hydrogen-bond donors (Lipinski definition) is 0. The summed E-state index contributed by atoms with van der Waals surface area (Å²) in [5.74, 6) is 0.190. The van der Waals surface area contributed by atoms with Gasteiger partial charge in [-0.25, -0.2) is 0 Å². The van der Waals surface area contributed by atoms with Crippen molar-refractivity contribution in [2.75, 3.05) is 19.7 Å². The van der Waals surface area contributed by atoms with Gasteiger partial charge in [0.2, 0.25) is 5.91 Å². The van der Waals surface area contributed by atoms with E-state index in [9.17, 15) is 9.59 Å². The third-order valence-corrected chi connectivity index (χ3v) is 5.30. The van der Waals surface area contributed by atoms with Crippen LogP contribution in [-0.2, 0) is 23.1 Å². The van der Waals surface area contributed by atoms with Crippen LogP contribution in [-0.4, -0.2) is 51.7 Å². The predicted octanol–water partition coefficient (Wildman–Crippen LogP) is 0.308. The van der Waals surface area contributed by atoms with Gasteiger partial charge in [0.25, 0.3) is 5.56 Å². The number of nitrogens with zero attached hydrogens (tertiary/aromatic N) is 3. The van der Waals surface area contributed by atoms with E-state index in [-0.39, 0.29) is 17.5 Å². The number of hydrogen-bond acceptors (Lipinski definition) is 4. The maximum atomic E-state index is 12.3. The summed E-state index contributed by atoms with van der Waals surface area (Å²) >= 11 is 0. The van der Waals surface area contributed by atoms with Gasteiger partial charge in [-0.05, 0) is 12.5 Å². The molecule has 2 atom stereocenters. The number of likely N-dealkylation sites (tertiary alicyclic amines) is 1. The first-order valence-corrected chi connectivity index (χ1v) is 7.95. The first kappa shape index (κ1) is 14.0. The molecule has 1 aromatic heterocycles. The van der Waals surface area contributed by atoms with E-state index in [0.29, 0.717) is 13.0 Å². The van der Waals surface area contributed by atoms with Gasteiger partial charge in [-0.3, -0.25) is 14.5 Å². The first-order chi connectivity index (χ1) is 10.6. The van der Waals surface area contributed by atoms with E-state index in [0.717, 1.165) is 38.1 Å². The molecule has 1 spiro atoms. The molecule has 0 aliphatic carbocycles. The van der Waals surface area contributed by atoms with Crippen molar-refractivity contribution in [1.29, 1.82) is 0 Å². The quantitative estimate of drug-likeness (QED) is 0.789. The van der Waals surface area contributed by atoms with Crippen molar-refractivity contribution in [3.8, 4) is 0 Å². The van der Waals surface area contributed by atoms with Crippen molar-refractivity contribution in [2.45, 2.75) is 37.6 Å². The molecule has 0 radical (unpaired) electrons. The second-order valence-electron chi connectivity index (χ2n) is 6.48. The highest BCUT2D eigenvalue weighted by atomic mass is 16.5. The van der Waals surface area contributed by atoms with E-state index in [2.05, 4.69) is 4.90 Å². The van der Waals surface area contributed by atoms with Crippen LogP contribution in [0.25, 0.3) is 0 Å². The summed E-state index contributed by atoms with van der Waals surface area (Å²) in [6.07, 6.45) is 4.03. The summed E-state index contributed by atoms with van der Waals surface area (Å²) in [5, 5.41) is 0. The zero-order valence-corrected chi connectivity index (χ0v) is 12.8. The summed E-state index contributed by atoms with van der Waals surface area (Å²) in [4.78, 5) is 28.7. The van der Waals surface area contributed by atoms with Crippen LogP contribution in [0.4, 0.5) is 0 Å². The molecule has 1 amide bonds. The molecule has 4 rings (SSSR count). The minimum atomic E-state index is -0.435. The number of amides is 1. The molecule has 0 unspecified atom stereocenters. The summed E-state index contributed by atoms with van der Waals surface area (Å²) in [6, 6.07) is 3.85. The van der Waals surface area contributed by atoms with E-state index in [1.807, 2.05) is 17.0 Å². The summed E-state index contributed by atoms with van der Waals surface area (Å²) in [6.45, 7) is 2.98. The van der Waals surface area contributed by atoms with Crippen LogP contribution in [0.1, 0.15) is 24.8 Å². The number of carbonyl (C=O) groups excluding carboxylic acids is 1. The van der Waals surface area contributed by atoms with Crippen LogP contribution in [0, 0.1) is 0 Å². The van der Waals surface area contributed by atoms with Crippen molar-refractivity contribution >= 4 is 5.91 Å². The molecule has 3 saturated heterocycles. The molecule has 6 heteroatoms. The molecule has 118 valence electrons. The minimum Gasteiger partial charge on any atom is -0.354 e. The molecule has 22 heavy (non-hydrogen) atoms. The Bertz CT molecular complexity index is 671. The van der Waals surface area contributed by atoms with Gasteiger partial charge >= 0.3 is 0 Å². The highest BCUT2D eigenvalue weighted by Crippen LogP contribution is 2.45. The second-order valence-corrected chi connectivity index (χ2v) is 6.48. The fourth-order valence-electron chi connectivity index (χ4n) is 4.22. The Kier molecular flexibility index (Phi) is 3.13. The molecule has 4 heterocycles. The third kappa shape index (κ3) is 1.87. The molecule has 6 nitrogen and oxygen atoms in total. The molecule has 0 saturated carbocycles. The average molecular weight is 303 g/mol. The molecule has 3 aliphatic heterocycles. The van der Waals surface area contributed by atoms with Gasteiger partial charge in [-0.15, -0.1) is 0 Å². The normalized spacial score (nSPS) is 31.4. The van der Waals surface area contributed by atoms with Gasteiger partial charge in [0.15, 0.2) is 5.72 Å². The molecule has 3 fully saturated rings. The minimum absolute atomic E-state index is 0.0363. The van der Waals surface area contributed by atoms with Crippen molar-refractivity contribution in [1.82, 2.24) is 14.4 Å². The zero-order chi connectivity index (χ0) is 15.3. The van der Waals surface area contributed by atoms with Crippen LogP contribution < -0.4 is 5.56 Å². The number of carbonyl (C=O) groups is 1. The first-order valence-electron chi connectivity index (χ1n) is 7.95. The number of pyridine rings is 1. The number of rotatable bonds is 2. The van der Waals surface area contributed by atoms with Crippen molar-refractivity contribution in [3.63, 3.8) is 0 Å². The van der Waals surface area contributed by atoms with E-state index in [1.54, 1.807) is 17.8 Å². The van der Waals surface area contributed by atoms with Crippen LogP contribution >= 0.6 is 0 Å². The maximum absolute atomic E-state index is 12.3. The topological polar surface area (TPSA) is 54.8 Å². The summed E-state index contributed by atoms with van der Waals surface area (Å²) in [7, 11) is 1.77. The van der Waals surface area contributed by atoms with Crippen LogP contribution in [0.3, 0.4) is 0 Å². The third-order valence-electron chi connectivity index (χ3n) is 5.30. The Morgan fingerprint density at radius 3 is 3.09 bits per heavy atom. The molecular formula is C16H21N3O3. The Morgan fingerprint density at radius 2 is 2.23 bits per heavy atom. The smallest absolute Gasteiger partial charge is 0.254 e. The molecule has 0 bridgehead atoms. The lowest BCUT2D eigenvalue weighted by Crippen LogP contribution is -2.56. The van der Waals surface area contributed by atoms with Gasteiger partial charge in [0.1, 0.15) is 0 Å². The highest BCUT2D eigenvalue weighted by molar-refractivity contribution is 5.81. The number of aryl methyl sites for hydroxylation is 1. The van der Waals surface area contributed by atoms with Crippen molar-refractivity contribution in [2.24, 2.45) is 7.05 Å².